The van der Waals surface area contributed by atoms with Crippen LogP contribution in [-0.4, -0.2) is 22.8 Å². The van der Waals surface area contributed by atoms with Crippen LogP contribution in [0.3, 0.4) is 0 Å². The Kier molecular flexibility index (Phi) is 3.27. The van der Waals surface area contributed by atoms with Crippen molar-refractivity contribution in [2.45, 2.75) is 26.1 Å². The van der Waals surface area contributed by atoms with Crippen LogP contribution in [0.15, 0.2) is 30.5 Å². The third-order valence-electron chi connectivity index (χ3n) is 2.73. The van der Waals surface area contributed by atoms with Crippen LogP contribution in [0, 0.1) is 0 Å². The first-order valence-corrected chi connectivity index (χ1v) is 5.61. The standard InChI is InChI=1S/C13H18N2O/c1-10(16)9-15-7-6-12-11(8-14-2)4-3-5-13(12)15/h3-7,10,14,16H,8-9H2,1-2H3. The van der Waals surface area contributed by atoms with E-state index in [0.717, 1.165) is 6.54 Å². The molecule has 2 N–H and O–H groups in total. The number of aromatic nitrogens is 1. The van der Waals surface area contributed by atoms with Crippen LogP contribution in [0.4, 0.5) is 0 Å². The number of nitrogens with zero attached hydrogens (tertiary/aromatic N) is 1. The van der Waals surface area contributed by atoms with Crippen LogP contribution in [0.1, 0.15) is 12.5 Å². The molecule has 1 heterocycles. The van der Waals surface area contributed by atoms with Gasteiger partial charge in [-0.2, -0.15) is 0 Å². The topological polar surface area (TPSA) is 37.2 Å². The number of nitrogens with one attached hydrogen (secondary N) is 1. The number of hydrogen-bond acceptors (Lipinski definition) is 2. The van der Waals surface area contributed by atoms with E-state index in [2.05, 4.69) is 34.1 Å². The summed E-state index contributed by atoms with van der Waals surface area (Å²) in [6.45, 7) is 3.33. The van der Waals surface area contributed by atoms with Crippen LogP contribution in [-0.2, 0) is 13.1 Å². The molecule has 1 aromatic heterocycles. The summed E-state index contributed by atoms with van der Waals surface area (Å²) in [6, 6.07) is 8.40. The van der Waals surface area contributed by atoms with Gasteiger partial charge in [0.25, 0.3) is 0 Å². The number of aliphatic hydroxyl groups is 1. The van der Waals surface area contributed by atoms with Gasteiger partial charge in [-0.15, -0.1) is 0 Å². The fourth-order valence-corrected chi connectivity index (χ4v) is 2.08. The average molecular weight is 218 g/mol. The van der Waals surface area contributed by atoms with Gasteiger partial charge in [-0.05, 0) is 31.7 Å². The molecule has 0 radical (unpaired) electrons. The molecule has 0 bridgehead atoms. The summed E-state index contributed by atoms with van der Waals surface area (Å²) in [5.41, 5.74) is 2.48. The molecule has 1 atom stereocenters. The lowest BCUT2D eigenvalue weighted by atomic mass is 10.1. The van der Waals surface area contributed by atoms with Crippen molar-refractivity contribution in [2.75, 3.05) is 7.05 Å². The highest BCUT2D eigenvalue weighted by molar-refractivity contribution is 5.83. The average Bonchev–Trinajstić information content (AvgIpc) is 2.63. The zero-order valence-corrected chi connectivity index (χ0v) is 9.77. The summed E-state index contributed by atoms with van der Waals surface area (Å²) in [5, 5.41) is 13.9. The molecule has 0 aliphatic carbocycles. The zero-order valence-electron chi connectivity index (χ0n) is 9.77. The predicted molar refractivity (Wildman–Crippen MR) is 66.4 cm³/mol. The Balaban J connectivity index is 2.44. The molecule has 0 amide bonds. The van der Waals surface area contributed by atoms with Crippen LogP contribution in [0.2, 0.25) is 0 Å². The van der Waals surface area contributed by atoms with E-state index in [-0.39, 0.29) is 6.10 Å². The third kappa shape index (κ3) is 2.10. The molecule has 1 unspecified atom stereocenters. The van der Waals surface area contributed by atoms with Crippen LogP contribution in [0.5, 0.6) is 0 Å². The van der Waals surface area contributed by atoms with Crippen molar-refractivity contribution in [1.82, 2.24) is 9.88 Å². The molecule has 0 aliphatic heterocycles. The van der Waals surface area contributed by atoms with Crippen molar-refractivity contribution >= 4 is 10.9 Å². The highest BCUT2D eigenvalue weighted by atomic mass is 16.3. The van der Waals surface area contributed by atoms with E-state index in [4.69, 9.17) is 0 Å². The fourth-order valence-electron chi connectivity index (χ4n) is 2.08. The Morgan fingerprint density at radius 2 is 2.19 bits per heavy atom. The Bertz CT molecular complexity index is 474. The Labute approximate surface area is 95.7 Å². The molecule has 16 heavy (non-hydrogen) atoms. The Hall–Kier alpha value is -1.32. The van der Waals surface area contributed by atoms with Gasteiger partial charge in [0.05, 0.1) is 6.10 Å². The summed E-state index contributed by atoms with van der Waals surface area (Å²) in [5.74, 6) is 0. The molecule has 0 aliphatic rings. The van der Waals surface area contributed by atoms with Gasteiger partial charge in [-0.1, -0.05) is 12.1 Å². The maximum atomic E-state index is 9.42. The molecule has 3 heteroatoms. The third-order valence-corrected chi connectivity index (χ3v) is 2.73. The van der Waals surface area contributed by atoms with Crippen molar-refractivity contribution < 1.29 is 5.11 Å². The lowest BCUT2D eigenvalue weighted by molar-refractivity contribution is 0.175. The van der Waals surface area contributed by atoms with E-state index in [1.54, 1.807) is 0 Å². The summed E-state index contributed by atoms with van der Waals surface area (Å²) < 4.78 is 2.10. The molecule has 3 nitrogen and oxygen atoms in total. The van der Waals surface area contributed by atoms with Gasteiger partial charge >= 0.3 is 0 Å². The van der Waals surface area contributed by atoms with E-state index in [9.17, 15) is 5.11 Å². The quantitative estimate of drug-likeness (QED) is 0.820. The van der Waals surface area contributed by atoms with Crippen molar-refractivity contribution in [1.29, 1.82) is 0 Å². The summed E-state index contributed by atoms with van der Waals surface area (Å²) in [7, 11) is 1.95. The normalized spacial score (nSPS) is 13.2. The number of aliphatic hydroxyl groups excluding tert-OH is 1. The largest absolute Gasteiger partial charge is 0.392 e. The second kappa shape index (κ2) is 4.68. The minimum Gasteiger partial charge on any atom is -0.392 e. The second-order valence-corrected chi connectivity index (χ2v) is 4.20. The summed E-state index contributed by atoms with van der Waals surface area (Å²) in [4.78, 5) is 0. The molecule has 1 aromatic carbocycles. The van der Waals surface area contributed by atoms with Crippen molar-refractivity contribution in [3.05, 3.63) is 36.0 Å². The first-order chi connectivity index (χ1) is 7.72. The molecule has 2 aromatic rings. The molecule has 0 fully saturated rings. The number of rotatable bonds is 4. The predicted octanol–water partition coefficient (Wildman–Crippen LogP) is 1.74. The molecule has 0 saturated carbocycles. The molecular formula is C13H18N2O. The molecule has 0 saturated heterocycles. The number of hydrogen-bond donors (Lipinski definition) is 2. The number of benzene rings is 1. The van der Waals surface area contributed by atoms with Crippen molar-refractivity contribution in [2.24, 2.45) is 0 Å². The minimum atomic E-state index is -0.316. The van der Waals surface area contributed by atoms with E-state index >= 15 is 0 Å². The van der Waals surface area contributed by atoms with Crippen LogP contribution in [0.25, 0.3) is 10.9 Å². The van der Waals surface area contributed by atoms with Gasteiger partial charge in [-0.25, -0.2) is 0 Å². The highest BCUT2D eigenvalue weighted by Crippen LogP contribution is 2.20. The van der Waals surface area contributed by atoms with Gasteiger partial charge in [0, 0.05) is 30.2 Å². The molecule has 0 spiro atoms. The summed E-state index contributed by atoms with van der Waals surface area (Å²) >= 11 is 0. The van der Waals surface area contributed by atoms with Gasteiger partial charge < -0.3 is 15.0 Å². The van der Waals surface area contributed by atoms with Gasteiger partial charge in [0.1, 0.15) is 0 Å². The minimum absolute atomic E-state index is 0.316. The first-order valence-electron chi connectivity index (χ1n) is 5.61. The lowest BCUT2D eigenvalue weighted by Gasteiger charge is -2.08. The maximum absolute atomic E-state index is 9.42. The SMILES string of the molecule is CNCc1cccc2c1ccn2CC(C)O. The molecular weight excluding hydrogens is 200 g/mol. The van der Waals surface area contributed by atoms with Gasteiger partial charge in [0.15, 0.2) is 0 Å². The first kappa shape index (κ1) is 11.2. The maximum Gasteiger partial charge on any atom is 0.0691 e. The van der Waals surface area contributed by atoms with Crippen molar-refractivity contribution in [3.8, 4) is 0 Å². The Morgan fingerprint density at radius 1 is 1.38 bits per heavy atom. The summed E-state index contributed by atoms with van der Waals surface area (Å²) in [6.07, 6.45) is 1.72. The number of fused-ring (bicyclic) bond motifs is 1. The van der Waals surface area contributed by atoms with Crippen LogP contribution >= 0.6 is 0 Å². The fraction of sp³-hybridized carbons (Fsp3) is 0.385. The van der Waals surface area contributed by atoms with Gasteiger partial charge in [0.2, 0.25) is 0 Å². The monoisotopic (exact) mass is 218 g/mol. The second-order valence-electron chi connectivity index (χ2n) is 4.20. The molecule has 2 rings (SSSR count). The zero-order chi connectivity index (χ0) is 11.5. The van der Waals surface area contributed by atoms with E-state index in [1.165, 1.54) is 16.5 Å². The lowest BCUT2D eigenvalue weighted by Crippen LogP contribution is -2.10. The van der Waals surface area contributed by atoms with E-state index in [0.29, 0.717) is 6.54 Å². The molecule has 86 valence electrons. The smallest absolute Gasteiger partial charge is 0.0691 e. The van der Waals surface area contributed by atoms with Crippen LogP contribution < -0.4 is 5.32 Å². The van der Waals surface area contributed by atoms with Gasteiger partial charge in [-0.3, -0.25) is 0 Å². The Morgan fingerprint density at radius 3 is 2.88 bits per heavy atom. The van der Waals surface area contributed by atoms with E-state index in [1.807, 2.05) is 20.2 Å². The van der Waals surface area contributed by atoms with E-state index < -0.39 is 0 Å². The highest BCUT2D eigenvalue weighted by Gasteiger charge is 2.06. The van der Waals surface area contributed by atoms with Crippen molar-refractivity contribution in [3.63, 3.8) is 0 Å².